The van der Waals surface area contributed by atoms with Gasteiger partial charge in [0.05, 0.1) is 5.56 Å². The summed E-state index contributed by atoms with van der Waals surface area (Å²) in [5.74, 6) is -0.829. The first-order valence-electron chi connectivity index (χ1n) is 4.79. The van der Waals surface area contributed by atoms with E-state index in [0.29, 0.717) is 10.9 Å². The van der Waals surface area contributed by atoms with Crippen molar-refractivity contribution < 1.29 is 22.7 Å². The maximum absolute atomic E-state index is 12.2. The van der Waals surface area contributed by atoms with E-state index in [4.69, 9.17) is 0 Å². The Morgan fingerprint density at radius 2 is 2.06 bits per heavy atom. The fourth-order valence-electron chi connectivity index (χ4n) is 1.29. The number of Topliss-reactive ketones (excluding diaryl/α,β-unsaturated/α-hetero) is 1. The molecule has 0 aliphatic carbocycles. The molecule has 0 aliphatic heterocycles. The van der Waals surface area contributed by atoms with Crippen LogP contribution in [0.1, 0.15) is 22.3 Å². The Kier molecular flexibility index (Phi) is 4.56. The number of aryl methyl sites for hydroxylation is 1. The molecule has 0 aromatic heterocycles. The zero-order chi connectivity index (χ0) is 13.1. The molecule has 6 heteroatoms. The average molecular weight is 311 g/mol. The van der Waals surface area contributed by atoms with Crippen molar-refractivity contribution in [2.24, 2.45) is 0 Å². The Balaban J connectivity index is 3.08. The van der Waals surface area contributed by atoms with Gasteiger partial charge in [-0.3, -0.25) is 4.79 Å². The third kappa shape index (κ3) is 4.38. The van der Waals surface area contributed by atoms with Crippen LogP contribution in [0.2, 0.25) is 0 Å². The smallest absolute Gasteiger partial charge is 0.405 e. The van der Waals surface area contributed by atoms with Crippen LogP contribution in [0.5, 0.6) is 5.75 Å². The van der Waals surface area contributed by atoms with Gasteiger partial charge < -0.3 is 4.74 Å². The van der Waals surface area contributed by atoms with Gasteiger partial charge in [-0.2, -0.15) is 0 Å². The SMILES string of the molecule is Cc1ccc(C(=O)CCBr)c(OC(F)(F)F)c1. The number of hydrogen-bond acceptors (Lipinski definition) is 2. The molecule has 0 N–H and O–H groups in total. The molecular formula is C11H10BrF3O2. The lowest BCUT2D eigenvalue weighted by Gasteiger charge is -2.13. The highest BCUT2D eigenvalue weighted by molar-refractivity contribution is 9.09. The molecule has 0 aliphatic rings. The second-order valence-electron chi connectivity index (χ2n) is 3.41. The maximum Gasteiger partial charge on any atom is 0.573 e. The van der Waals surface area contributed by atoms with E-state index >= 15 is 0 Å². The molecular weight excluding hydrogens is 301 g/mol. The fourth-order valence-corrected chi connectivity index (χ4v) is 1.65. The zero-order valence-corrected chi connectivity index (χ0v) is 10.6. The van der Waals surface area contributed by atoms with Crippen molar-refractivity contribution >= 4 is 21.7 Å². The number of ketones is 1. The number of carbonyl (C=O) groups excluding carboxylic acids is 1. The van der Waals surface area contributed by atoms with E-state index in [1.807, 2.05) is 0 Å². The van der Waals surface area contributed by atoms with Crippen molar-refractivity contribution in [1.82, 2.24) is 0 Å². The molecule has 1 aromatic carbocycles. The first kappa shape index (κ1) is 14.0. The minimum Gasteiger partial charge on any atom is -0.405 e. The lowest BCUT2D eigenvalue weighted by Crippen LogP contribution is -2.19. The van der Waals surface area contributed by atoms with Gasteiger partial charge in [-0.25, -0.2) is 0 Å². The van der Waals surface area contributed by atoms with E-state index < -0.39 is 12.1 Å². The number of halogens is 4. The van der Waals surface area contributed by atoms with Gasteiger partial charge in [0.1, 0.15) is 5.75 Å². The van der Waals surface area contributed by atoms with Crippen LogP contribution < -0.4 is 4.74 Å². The van der Waals surface area contributed by atoms with Crippen LogP contribution in [-0.4, -0.2) is 17.5 Å². The largest absolute Gasteiger partial charge is 0.573 e. The topological polar surface area (TPSA) is 26.3 Å². The molecule has 0 heterocycles. The van der Waals surface area contributed by atoms with Gasteiger partial charge in [0, 0.05) is 11.8 Å². The summed E-state index contributed by atoms with van der Waals surface area (Å²) in [7, 11) is 0. The van der Waals surface area contributed by atoms with Crippen molar-refractivity contribution in [3.8, 4) is 5.75 Å². The van der Waals surface area contributed by atoms with Gasteiger partial charge in [0.25, 0.3) is 0 Å². The second kappa shape index (κ2) is 5.53. The number of ether oxygens (including phenoxy) is 1. The number of rotatable bonds is 4. The van der Waals surface area contributed by atoms with Gasteiger partial charge in [-0.05, 0) is 24.6 Å². The molecule has 0 spiro atoms. The van der Waals surface area contributed by atoms with Crippen LogP contribution in [0.15, 0.2) is 18.2 Å². The van der Waals surface area contributed by atoms with Crippen LogP contribution in [0.4, 0.5) is 13.2 Å². The normalized spacial score (nSPS) is 11.4. The number of benzene rings is 1. The molecule has 94 valence electrons. The lowest BCUT2D eigenvalue weighted by molar-refractivity contribution is -0.274. The molecule has 0 saturated heterocycles. The summed E-state index contributed by atoms with van der Waals surface area (Å²) < 4.78 is 40.3. The highest BCUT2D eigenvalue weighted by atomic mass is 79.9. The molecule has 17 heavy (non-hydrogen) atoms. The van der Waals surface area contributed by atoms with Crippen molar-refractivity contribution in [3.63, 3.8) is 0 Å². The Morgan fingerprint density at radius 3 is 2.59 bits per heavy atom. The summed E-state index contributed by atoms with van der Waals surface area (Å²) in [4.78, 5) is 11.6. The summed E-state index contributed by atoms with van der Waals surface area (Å²) in [6.07, 6.45) is -4.67. The summed E-state index contributed by atoms with van der Waals surface area (Å²) in [5, 5.41) is 0.394. The first-order valence-corrected chi connectivity index (χ1v) is 5.91. The highest BCUT2D eigenvalue weighted by Crippen LogP contribution is 2.28. The van der Waals surface area contributed by atoms with Crippen LogP contribution in [0.25, 0.3) is 0 Å². The van der Waals surface area contributed by atoms with E-state index in [2.05, 4.69) is 20.7 Å². The van der Waals surface area contributed by atoms with Crippen LogP contribution >= 0.6 is 15.9 Å². The predicted octanol–water partition coefficient (Wildman–Crippen LogP) is 3.86. The molecule has 1 rings (SSSR count). The molecule has 0 bridgehead atoms. The molecule has 0 radical (unpaired) electrons. The summed E-state index contributed by atoms with van der Waals surface area (Å²) in [6.45, 7) is 1.63. The fraction of sp³-hybridized carbons (Fsp3) is 0.364. The maximum atomic E-state index is 12.2. The number of carbonyl (C=O) groups is 1. The van der Waals surface area contributed by atoms with Crippen molar-refractivity contribution in [2.75, 3.05) is 5.33 Å². The third-order valence-corrected chi connectivity index (χ3v) is 2.38. The van der Waals surface area contributed by atoms with E-state index in [-0.39, 0.29) is 17.8 Å². The second-order valence-corrected chi connectivity index (χ2v) is 4.20. The van der Waals surface area contributed by atoms with E-state index in [9.17, 15) is 18.0 Å². The quantitative estimate of drug-likeness (QED) is 0.623. The minimum absolute atomic E-state index is 0.0487. The van der Waals surface area contributed by atoms with Gasteiger partial charge in [-0.15, -0.1) is 13.2 Å². The highest BCUT2D eigenvalue weighted by Gasteiger charge is 2.32. The summed E-state index contributed by atoms with van der Waals surface area (Å²) in [6, 6.07) is 4.13. The molecule has 0 atom stereocenters. The van der Waals surface area contributed by atoms with Crippen LogP contribution in [0.3, 0.4) is 0 Å². The Morgan fingerprint density at radius 1 is 1.41 bits per heavy atom. The molecule has 0 fully saturated rings. The third-order valence-electron chi connectivity index (χ3n) is 1.98. The Labute approximate surface area is 105 Å². The molecule has 0 amide bonds. The van der Waals surface area contributed by atoms with Crippen molar-refractivity contribution in [3.05, 3.63) is 29.3 Å². The predicted molar refractivity (Wildman–Crippen MR) is 60.6 cm³/mol. The monoisotopic (exact) mass is 310 g/mol. The van der Waals surface area contributed by atoms with Crippen molar-refractivity contribution in [2.45, 2.75) is 19.7 Å². The van der Waals surface area contributed by atoms with Crippen molar-refractivity contribution in [1.29, 1.82) is 0 Å². The lowest BCUT2D eigenvalue weighted by atomic mass is 10.1. The van der Waals surface area contributed by atoms with Gasteiger partial charge in [-0.1, -0.05) is 22.0 Å². The van der Waals surface area contributed by atoms with E-state index in [0.717, 1.165) is 0 Å². The summed E-state index contributed by atoms with van der Waals surface area (Å²) >= 11 is 3.06. The van der Waals surface area contributed by atoms with E-state index in [1.54, 1.807) is 13.0 Å². The average Bonchev–Trinajstić information content (AvgIpc) is 2.15. The molecule has 2 nitrogen and oxygen atoms in total. The molecule has 0 saturated carbocycles. The molecule has 1 aromatic rings. The number of hydrogen-bond donors (Lipinski definition) is 0. The zero-order valence-electron chi connectivity index (χ0n) is 8.97. The van der Waals surface area contributed by atoms with Crippen LogP contribution in [-0.2, 0) is 0 Å². The first-order chi connectivity index (χ1) is 7.83. The Hall–Kier alpha value is -1.04. The van der Waals surface area contributed by atoms with Crippen LogP contribution in [0, 0.1) is 6.92 Å². The van der Waals surface area contributed by atoms with Gasteiger partial charge in [0.2, 0.25) is 0 Å². The van der Waals surface area contributed by atoms with Gasteiger partial charge in [0.15, 0.2) is 5.78 Å². The molecule has 0 unspecified atom stereocenters. The summed E-state index contributed by atoms with van der Waals surface area (Å²) in [5.41, 5.74) is 0.548. The minimum atomic E-state index is -4.79. The Bertz CT molecular complexity index is 416. The van der Waals surface area contributed by atoms with Gasteiger partial charge >= 0.3 is 6.36 Å². The van der Waals surface area contributed by atoms with E-state index in [1.165, 1.54) is 12.1 Å². The standard InChI is InChI=1S/C11H10BrF3O2/c1-7-2-3-8(9(16)4-5-12)10(6-7)17-11(13,14)15/h2-3,6H,4-5H2,1H3. The number of alkyl halides is 4.